The predicted molar refractivity (Wildman–Crippen MR) is 68.5 cm³/mol. The summed E-state index contributed by atoms with van der Waals surface area (Å²) in [5.74, 6) is 1.03. The van der Waals surface area contributed by atoms with Crippen LogP contribution in [0.15, 0.2) is 24.3 Å². The van der Waals surface area contributed by atoms with E-state index in [4.69, 9.17) is 4.74 Å². The second kappa shape index (κ2) is 4.98. The van der Waals surface area contributed by atoms with Crippen LogP contribution >= 0.6 is 0 Å². The van der Waals surface area contributed by atoms with Crippen LogP contribution in [0.3, 0.4) is 0 Å². The molecule has 1 heterocycles. The van der Waals surface area contributed by atoms with Crippen molar-refractivity contribution in [2.24, 2.45) is 0 Å². The molecule has 0 radical (unpaired) electrons. The summed E-state index contributed by atoms with van der Waals surface area (Å²) in [5, 5.41) is 6.30. The number of carbonyl (C=O) groups is 1. The van der Waals surface area contributed by atoms with E-state index in [1.165, 1.54) is 0 Å². The molecule has 4 nitrogen and oxygen atoms in total. The van der Waals surface area contributed by atoms with Crippen molar-refractivity contribution in [2.45, 2.75) is 31.3 Å². The van der Waals surface area contributed by atoms with Gasteiger partial charge in [0.2, 0.25) is 5.91 Å². The Morgan fingerprint density at radius 1 is 1.28 bits per heavy atom. The van der Waals surface area contributed by atoms with Gasteiger partial charge in [0.1, 0.15) is 5.75 Å². The molecule has 1 aromatic carbocycles. The number of rotatable bonds is 4. The van der Waals surface area contributed by atoms with E-state index in [9.17, 15) is 4.79 Å². The number of hydrogen-bond acceptors (Lipinski definition) is 3. The topological polar surface area (TPSA) is 50.4 Å². The first-order valence-electron chi connectivity index (χ1n) is 6.57. The van der Waals surface area contributed by atoms with Gasteiger partial charge >= 0.3 is 0 Å². The van der Waals surface area contributed by atoms with Crippen LogP contribution in [0, 0.1) is 0 Å². The first kappa shape index (κ1) is 11.5. The van der Waals surface area contributed by atoms with Crippen LogP contribution in [0.1, 0.15) is 30.9 Å². The fourth-order valence-electron chi connectivity index (χ4n) is 2.28. The van der Waals surface area contributed by atoms with Crippen molar-refractivity contribution in [3.63, 3.8) is 0 Å². The molecule has 0 bridgehead atoms. The van der Waals surface area contributed by atoms with Crippen LogP contribution < -0.4 is 15.4 Å². The Balaban J connectivity index is 1.58. The molecular formula is C14H18N2O2. The molecule has 0 saturated heterocycles. The maximum atomic E-state index is 11.6. The molecule has 1 fully saturated rings. The van der Waals surface area contributed by atoms with Crippen molar-refractivity contribution in [1.29, 1.82) is 0 Å². The fraction of sp³-hybridized carbons (Fsp3) is 0.500. The third kappa shape index (κ3) is 2.64. The van der Waals surface area contributed by atoms with Gasteiger partial charge in [0.25, 0.3) is 0 Å². The molecule has 18 heavy (non-hydrogen) atoms. The van der Waals surface area contributed by atoms with E-state index in [1.807, 2.05) is 18.2 Å². The Kier molecular flexibility index (Phi) is 3.19. The molecule has 1 aromatic rings. The minimum Gasteiger partial charge on any atom is -0.493 e. The summed E-state index contributed by atoms with van der Waals surface area (Å²) in [7, 11) is 0. The molecule has 1 saturated carbocycles. The number of amides is 1. The van der Waals surface area contributed by atoms with Crippen molar-refractivity contribution >= 4 is 5.91 Å². The molecule has 1 unspecified atom stereocenters. The summed E-state index contributed by atoms with van der Waals surface area (Å²) in [6, 6.07) is 8.67. The SMILES string of the molecule is O=C(CNC1CCOc2ccccc21)NC1CC1. The average Bonchev–Trinajstić information content (AvgIpc) is 3.20. The van der Waals surface area contributed by atoms with Crippen LogP contribution in [-0.4, -0.2) is 25.1 Å². The molecule has 2 aliphatic rings. The van der Waals surface area contributed by atoms with Gasteiger partial charge in [-0.15, -0.1) is 0 Å². The molecule has 0 aromatic heterocycles. The van der Waals surface area contributed by atoms with Gasteiger partial charge < -0.3 is 15.4 Å². The lowest BCUT2D eigenvalue weighted by Gasteiger charge is -2.26. The molecular weight excluding hydrogens is 228 g/mol. The van der Waals surface area contributed by atoms with Crippen LogP contribution in [0.2, 0.25) is 0 Å². The highest BCUT2D eigenvalue weighted by molar-refractivity contribution is 5.78. The lowest BCUT2D eigenvalue weighted by atomic mass is 10.0. The minimum absolute atomic E-state index is 0.0986. The second-order valence-corrected chi connectivity index (χ2v) is 4.95. The molecule has 1 atom stereocenters. The lowest BCUT2D eigenvalue weighted by molar-refractivity contribution is -0.120. The van der Waals surface area contributed by atoms with Gasteiger partial charge in [-0.25, -0.2) is 0 Å². The number of nitrogens with one attached hydrogen (secondary N) is 2. The summed E-state index contributed by atoms with van der Waals surface area (Å²) in [6.45, 7) is 1.09. The zero-order valence-corrected chi connectivity index (χ0v) is 10.3. The Hall–Kier alpha value is -1.55. The largest absolute Gasteiger partial charge is 0.493 e. The van der Waals surface area contributed by atoms with Gasteiger partial charge in [-0.1, -0.05) is 18.2 Å². The predicted octanol–water partition coefficient (Wildman–Crippen LogP) is 1.38. The van der Waals surface area contributed by atoms with Crippen molar-refractivity contribution in [3.05, 3.63) is 29.8 Å². The molecule has 3 rings (SSSR count). The first-order chi connectivity index (χ1) is 8.83. The number of benzene rings is 1. The van der Waals surface area contributed by atoms with E-state index < -0.39 is 0 Å². The van der Waals surface area contributed by atoms with Crippen molar-refractivity contribution in [1.82, 2.24) is 10.6 Å². The van der Waals surface area contributed by atoms with Crippen LogP contribution in [0.5, 0.6) is 5.75 Å². The van der Waals surface area contributed by atoms with Gasteiger partial charge in [0.05, 0.1) is 13.2 Å². The van der Waals surface area contributed by atoms with Crippen molar-refractivity contribution in [3.8, 4) is 5.75 Å². The molecule has 2 N–H and O–H groups in total. The first-order valence-corrected chi connectivity index (χ1v) is 6.57. The maximum absolute atomic E-state index is 11.6. The van der Waals surface area contributed by atoms with Crippen LogP contribution in [0.4, 0.5) is 0 Å². The fourth-order valence-corrected chi connectivity index (χ4v) is 2.28. The lowest BCUT2D eigenvalue weighted by Crippen LogP contribution is -2.38. The Bertz CT molecular complexity index is 443. The third-order valence-corrected chi connectivity index (χ3v) is 3.41. The highest BCUT2D eigenvalue weighted by Gasteiger charge is 2.24. The van der Waals surface area contributed by atoms with E-state index in [0.29, 0.717) is 19.2 Å². The van der Waals surface area contributed by atoms with Gasteiger partial charge in [-0.05, 0) is 18.9 Å². The molecule has 1 aliphatic heterocycles. The van der Waals surface area contributed by atoms with E-state index >= 15 is 0 Å². The molecule has 0 spiro atoms. The number of para-hydroxylation sites is 1. The summed E-state index contributed by atoms with van der Waals surface area (Å²) in [5.41, 5.74) is 1.16. The number of fused-ring (bicyclic) bond motifs is 1. The monoisotopic (exact) mass is 246 g/mol. The van der Waals surface area contributed by atoms with E-state index in [0.717, 1.165) is 30.6 Å². The van der Waals surface area contributed by atoms with Crippen molar-refractivity contribution < 1.29 is 9.53 Å². The quantitative estimate of drug-likeness (QED) is 0.844. The smallest absolute Gasteiger partial charge is 0.234 e. The van der Waals surface area contributed by atoms with Gasteiger partial charge in [0.15, 0.2) is 0 Å². The average molecular weight is 246 g/mol. The summed E-state index contributed by atoms with van der Waals surface area (Å²) >= 11 is 0. The van der Waals surface area contributed by atoms with Crippen LogP contribution in [0.25, 0.3) is 0 Å². The van der Waals surface area contributed by atoms with E-state index in [2.05, 4.69) is 16.7 Å². The zero-order valence-electron chi connectivity index (χ0n) is 10.3. The molecule has 1 aliphatic carbocycles. The van der Waals surface area contributed by atoms with Gasteiger partial charge in [-0.2, -0.15) is 0 Å². The van der Waals surface area contributed by atoms with E-state index in [-0.39, 0.29) is 11.9 Å². The van der Waals surface area contributed by atoms with Crippen LogP contribution in [-0.2, 0) is 4.79 Å². The molecule has 1 amide bonds. The highest BCUT2D eigenvalue weighted by Crippen LogP contribution is 2.31. The molecule has 4 heteroatoms. The van der Waals surface area contributed by atoms with Gasteiger partial charge in [-0.3, -0.25) is 4.79 Å². The Morgan fingerprint density at radius 2 is 2.11 bits per heavy atom. The highest BCUT2D eigenvalue weighted by atomic mass is 16.5. The summed E-state index contributed by atoms with van der Waals surface area (Å²) in [6.07, 6.45) is 3.17. The Morgan fingerprint density at radius 3 is 2.94 bits per heavy atom. The van der Waals surface area contributed by atoms with Gasteiger partial charge in [0, 0.05) is 24.1 Å². The normalized spacial score (nSPS) is 21.9. The number of ether oxygens (including phenoxy) is 1. The summed E-state index contributed by atoms with van der Waals surface area (Å²) < 4.78 is 5.59. The minimum atomic E-state index is 0.0986. The maximum Gasteiger partial charge on any atom is 0.234 e. The standard InChI is InChI=1S/C14H18N2O2/c17-14(16-10-5-6-10)9-15-12-7-8-18-13-4-2-1-3-11(12)13/h1-4,10,12,15H,5-9H2,(H,16,17). The number of hydrogen-bond donors (Lipinski definition) is 2. The van der Waals surface area contributed by atoms with Crippen molar-refractivity contribution in [2.75, 3.05) is 13.2 Å². The second-order valence-electron chi connectivity index (χ2n) is 4.95. The number of carbonyl (C=O) groups excluding carboxylic acids is 1. The zero-order chi connectivity index (χ0) is 12.4. The summed E-state index contributed by atoms with van der Waals surface area (Å²) in [4.78, 5) is 11.6. The molecule has 96 valence electrons. The van der Waals surface area contributed by atoms with E-state index in [1.54, 1.807) is 0 Å². The third-order valence-electron chi connectivity index (χ3n) is 3.41. The Labute approximate surface area is 107 Å².